The number of hydrogen-bond acceptors (Lipinski definition) is 3. The Kier molecular flexibility index (Phi) is 5.62. The van der Waals surface area contributed by atoms with Gasteiger partial charge in [-0.2, -0.15) is 0 Å². The molecule has 0 amide bonds. The molecule has 3 nitrogen and oxygen atoms in total. The number of rotatable bonds is 6. The van der Waals surface area contributed by atoms with E-state index in [1.54, 1.807) is 0 Å². The van der Waals surface area contributed by atoms with E-state index in [1.165, 1.54) is 44.3 Å². The van der Waals surface area contributed by atoms with Crippen LogP contribution >= 0.6 is 0 Å². The Morgan fingerprint density at radius 3 is 2.61 bits per heavy atom. The standard InChI is InChI=1S/C15H25N3/c1-2-3-4-5-15(14-6-8-16-9-7-14)18-12-10-17-11-13-18/h6-9,15,17H,2-5,10-13H2,1H3/t15-/m1/s1. The number of nitrogens with one attached hydrogen (secondary N) is 1. The number of hydrogen-bond donors (Lipinski definition) is 1. The molecule has 3 heteroatoms. The molecule has 1 aromatic heterocycles. The molecule has 1 saturated heterocycles. The van der Waals surface area contributed by atoms with Crippen LogP contribution in [0.4, 0.5) is 0 Å². The normalized spacial score (nSPS) is 18.7. The number of nitrogens with zero attached hydrogens (tertiary/aromatic N) is 2. The van der Waals surface area contributed by atoms with Crippen LogP contribution in [-0.2, 0) is 0 Å². The predicted molar refractivity (Wildman–Crippen MR) is 75.6 cm³/mol. The van der Waals surface area contributed by atoms with Gasteiger partial charge in [-0.25, -0.2) is 0 Å². The average molecular weight is 247 g/mol. The summed E-state index contributed by atoms with van der Waals surface area (Å²) in [6, 6.07) is 4.94. The Balaban J connectivity index is 2.01. The lowest BCUT2D eigenvalue weighted by atomic mass is 9.99. The van der Waals surface area contributed by atoms with Crippen LogP contribution in [0.15, 0.2) is 24.5 Å². The fourth-order valence-corrected chi connectivity index (χ4v) is 2.73. The third kappa shape index (κ3) is 3.79. The molecule has 1 aromatic rings. The Morgan fingerprint density at radius 2 is 1.94 bits per heavy atom. The predicted octanol–water partition coefficient (Wildman–Crippen LogP) is 2.61. The van der Waals surface area contributed by atoms with Crippen molar-refractivity contribution < 1.29 is 0 Å². The first-order valence-electron chi connectivity index (χ1n) is 7.26. The fourth-order valence-electron chi connectivity index (χ4n) is 2.73. The summed E-state index contributed by atoms with van der Waals surface area (Å²) in [7, 11) is 0. The summed E-state index contributed by atoms with van der Waals surface area (Å²) in [5.74, 6) is 0. The fraction of sp³-hybridized carbons (Fsp3) is 0.667. The molecular formula is C15H25N3. The van der Waals surface area contributed by atoms with E-state index in [1.807, 2.05) is 12.4 Å². The molecule has 1 N–H and O–H groups in total. The number of pyridine rings is 1. The molecule has 0 spiro atoms. The van der Waals surface area contributed by atoms with Crippen molar-refractivity contribution in [3.05, 3.63) is 30.1 Å². The molecule has 1 aliphatic rings. The van der Waals surface area contributed by atoms with Crippen LogP contribution in [0.3, 0.4) is 0 Å². The molecule has 0 saturated carbocycles. The van der Waals surface area contributed by atoms with Crippen LogP contribution in [0.5, 0.6) is 0 Å². The van der Waals surface area contributed by atoms with Crippen molar-refractivity contribution in [1.29, 1.82) is 0 Å². The molecule has 2 rings (SSSR count). The summed E-state index contributed by atoms with van der Waals surface area (Å²) in [5, 5.41) is 3.43. The largest absolute Gasteiger partial charge is 0.314 e. The van der Waals surface area contributed by atoms with Gasteiger partial charge in [-0.05, 0) is 24.1 Å². The SMILES string of the molecule is CCCCC[C@H](c1ccncc1)N1CCNCC1. The summed E-state index contributed by atoms with van der Waals surface area (Å²) in [6.45, 7) is 6.84. The first-order valence-corrected chi connectivity index (χ1v) is 7.26. The van der Waals surface area contributed by atoms with Gasteiger partial charge in [-0.3, -0.25) is 9.88 Å². The molecule has 2 heterocycles. The molecule has 0 aliphatic carbocycles. The summed E-state index contributed by atoms with van der Waals surface area (Å²) in [4.78, 5) is 6.76. The molecule has 100 valence electrons. The van der Waals surface area contributed by atoms with Crippen molar-refractivity contribution in [2.24, 2.45) is 0 Å². The van der Waals surface area contributed by atoms with Gasteiger partial charge < -0.3 is 5.32 Å². The zero-order valence-corrected chi connectivity index (χ0v) is 11.4. The van der Waals surface area contributed by atoms with Crippen LogP contribution in [-0.4, -0.2) is 36.1 Å². The summed E-state index contributed by atoms with van der Waals surface area (Å²) >= 11 is 0. The highest BCUT2D eigenvalue weighted by Gasteiger charge is 2.21. The quantitative estimate of drug-likeness (QED) is 0.783. The van der Waals surface area contributed by atoms with E-state index in [9.17, 15) is 0 Å². The van der Waals surface area contributed by atoms with Gasteiger partial charge >= 0.3 is 0 Å². The maximum atomic E-state index is 4.14. The topological polar surface area (TPSA) is 28.2 Å². The van der Waals surface area contributed by atoms with Crippen molar-refractivity contribution in [1.82, 2.24) is 15.2 Å². The van der Waals surface area contributed by atoms with Gasteiger partial charge in [0.15, 0.2) is 0 Å². The zero-order chi connectivity index (χ0) is 12.6. The van der Waals surface area contributed by atoms with Gasteiger partial charge in [0, 0.05) is 44.6 Å². The molecule has 0 aromatic carbocycles. The minimum atomic E-state index is 0.585. The Hall–Kier alpha value is -0.930. The highest BCUT2D eigenvalue weighted by molar-refractivity contribution is 5.15. The van der Waals surface area contributed by atoms with Crippen LogP contribution in [0.25, 0.3) is 0 Å². The van der Waals surface area contributed by atoms with Crippen LogP contribution in [0.2, 0.25) is 0 Å². The van der Waals surface area contributed by atoms with Gasteiger partial charge in [0.25, 0.3) is 0 Å². The first kappa shape index (κ1) is 13.5. The Bertz CT molecular complexity index is 320. The van der Waals surface area contributed by atoms with Crippen molar-refractivity contribution in [2.45, 2.75) is 38.6 Å². The third-order valence-corrected chi connectivity index (χ3v) is 3.76. The molecule has 1 aliphatic heterocycles. The highest BCUT2D eigenvalue weighted by Crippen LogP contribution is 2.26. The van der Waals surface area contributed by atoms with Gasteiger partial charge in [-0.15, -0.1) is 0 Å². The lowest BCUT2D eigenvalue weighted by molar-refractivity contribution is 0.162. The molecule has 0 radical (unpaired) electrons. The van der Waals surface area contributed by atoms with Crippen molar-refractivity contribution >= 4 is 0 Å². The molecule has 1 atom stereocenters. The highest BCUT2D eigenvalue weighted by atomic mass is 15.2. The van der Waals surface area contributed by atoms with Gasteiger partial charge in [0.1, 0.15) is 0 Å². The van der Waals surface area contributed by atoms with E-state index >= 15 is 0 Å². The summed E-state index contributed by atoms with van der Waals surface area (Å²) in [6.07, 6.45) is 9.08. The van der Waals surface area contributed by atoms with Crippen LogP contribution < -0.4 is 5.32 Å². The second kappa shape index (κ2) is 7.49. The minimum Gasteiger partial charge on any atom is -0.314 e. The Morgan fingerprint density at radius 1 is 1.22 bits per heavy atom. The van der Waals surface area contributed by atoms with Crippen LogP contribution in [0.1, 0.15) is 44.2 Å². The summed E-state index contributed by atoms with van der Waals surface area (Å²) < 4.78 is 0. The smallest absolute Gasteiger partial charge is 0.0350 e. The van der Waals surface area contributed by atoms with Gasteiger partial charge in [0.05, 0.1) is 0 Å². The molecule has 18 heavy (non-hydrogen) atoms. The minimum absolute atomic E-state index is 0.585. The maximum Gasteiger partial charge on any atom is 0.0350 e. The lowest BCUT2D eigenvalue weighted by Crippen LogP contribution is -2.45. The maximum absolute atomic E-state index is 4.14. The van der Waals surface area contributed by atoms with Crippen molar-refractivity contribution in [2.75, 3.05) is 26.2 Å². The molecule has 0 unspecified atom stereocenters. The van der Waals surface area contributed by atoms with E-state index < -0.39 is 0 Å². The number of piperazine rings is 1. The lowest BCUT2D eigenvalue weighted by Gasteiger charge is -2.35. The molecular weight excluding hydrogens is 222 g/mol. The van der Waals surface area contributed by atoms with E-state index in [-0.39, 0.29) is 0 Å². The molecule has 1 fully saturated rings. The second-order valence-corrected chi connectivity index (χ2v) is 5.08. The first-order chi connectivity index (χ1) is 8.92. The van der Waals surface area contributed by atoms with E-state index in [4.69, 9.17) is 0 Å². The second-order valence-electron chi connectivity index (χ2n) is 5.08. The summed E-state index contributed by atoms with van der Waals surface area (Å²) in [5.41, 5.74) is 1.43. The van der Waals surface area contributed by atoms with Crippen molar-refractivity contribution in [3.8, 4) is 0 Å². The Labute approximate surface area is 111 Å². The van der Waals surface area contributed by atoms with Crippen LogP contribution in [0, 0.1) is 0 Å². The third-order valence-electron chi connectivity index (χ3n) is 3.76. The van der Waals surface area contributed by atoms with E-state index in [0.717, 1.165) is 13.1 Å². The van der Waals surface area contributed by atoms with E-state index in [2.05, 4.69) is 34.3 Å². The number of unbranched alkanes of at least 4 members (excludes halogenated alkanes) is 2. The van der Waals surface area contributed by atoms with E-state index in [0.29, 0.717) is 6.04 Å². The number of aromatic nitrogens is 1. The monoisotopic (exact) mass is 247 g/mol. The van der Waals surface area contributed by atoms with Gasteiger partial charge in [-0.1, -0.05) is 26.2 Å². The average Bonchev–Trinajstić information content (AvgIpc) is 2.46. The van der Waals surface area contributed by atoms with Crippen molar-refractivity contribution in [3.63, 3.8) is 0 Å². The van der Waals surface area contributed by atoms with Gasteiger partial charge in [0.2, 0.25) is 0 Å². The molecule has 0 bridgehead atoms. The zero-order valence-electron chi connectivity index (χ0n) is 11.4.